The largest absolute Gasteiger partial charge is 0.478 e. The fourth-order valence-electron chi connectivity index (χ4n) is 1.10. The van der Waals surface area contributed by atoms with E-state index in [0.717, 1.165) is 6.08 Å². The molecule has 0 aliphatic heterocycles. The summed E-state index contributed by atoms with van der Waals surface area (Å²) in [4.78, 5) is 21.8. The number of rotatable bonds is 1. The Bertz CT molecular complexity index is 433. The van der Waals surface area contributed by atoms with Crippen LogP contribution in [0.5, 0.6) is 0 Å². The molecule has 0 aromatic carbocycles. The van der Waals surface area contributed by atoms with Crippen LogP contribution in [0.1, 0.15) is 6.92 Å². The zero-order chi connectivity index (χ0) is 10.7. The topological polar surface area (TPSA) is 78.2 Å². The highest BCUT2D eigenvalue weighted by atomic mass is 16.4. The molecule has 1 N–H and O–H groups in total. The van der Waals surface area contributed by atoms with E-state index in [2.05, 4.69) is 0 Å². The number of ketones is 1. The molecule has 1 rings (SSSR count). The van der Waals surface area contributed by atoms with Crippen molar-refractivity contribution in [3.63, 3.8) is 0 Å². The van der Waals surface area contributed by atoms with Crippen LogP contribution in [0, 0.1) is 11.3 Å². The molecule has 0 saturated carbocycles. The fraction of sp³-hybridized carbons (Fsp3) is 0.100. The summed E-state index contributed by atoms with van der Waals surface area (Å²) in [5, 5.41) is 17.3. The number of nitrogens with zero attached hydrogens (tertiary/aromatic N) is 1. The highest BCUT2D eigenvalue weighted by molar-refractivity contribution is 6.23. The number of aliphatic carboxylic acids is 1. The van der Waals surface area contributed by atoms with Gasteiger partial charge < -0.3 is 5.11 Å². The molecule has 0 aromatic heterocycles. The molecule has 0 fully saturated rings. The molecule has 0 amide bonds. The second kappa shape index (κ2) is 3.71. The lowest BCUT2D eigenvalue weighted by Crippen LogP contribution is -2.14. The van der Waals surface area contributed by atoms with Crippen molar-refractivity contribution in [2.75, 3.05) is 0 Å². The van der Waals surface area contributed by atoms with Gasteiger partial charge in [0.1, 0.15) is 5.57 Å². The summed E-state index contributed by atoms with van der Waals surface area (Å²) in [5.41, 5.74) is 0.351. The van der Waals surface area contributed by atoms with E-state index in [9.17, 15) is 9.59 Å². The van der Waals surface area contributed by atoms with Crippen molar-refractivity contribution in [1.82, 2.24) is 0 Å². The number of carbonyl (C=O) groups is 2. The lowest BCUT2D eigenvalue weighted by molar-refractivity contribution is -0.134. The van der Waals surface area contributed by atoms with E-state index >= 15 is 0 Å². The summed E-state index contributed by atoms with van der Waals surface area (Å²) >= 11 is 0. The molecule has 4 nitrogen and oxygen atoms in total. The van der Waals surface area contributed by atoms with Gasteiger partial charge in [-0.2, -0.15) is 5.26 Å². The third kappa shape index (κ3) is 1.62. The minimum Gasteiger partial charge on any atom is -0.478 e. The quantitative estimate of drug-likeness (QED) is 0.623. The number of carbonyl (C=O) groups excluding carboxylic acids is 1. The predicted molar refractivity (Wildman–Crippen MR) is 48.2 cm³/mol. The second-order valence-corrected chi connectivity index (χ2v) is 2.64. The number of hydrogen-bond donors (Lipinski definition) is 1. The first kappa shape index (κ1) is 9.93. The van der Waals surface area contributed by atoms with E-state index in [0.29, 0.717) is 5.57 Å². The maximum absolute atomic E-state index is 11.2. The van der Waals surface area contributed by atoms with Gasteiger partial charge in [0.05, 0.1) is 11.6 Å². The molecule has 14 heavy (non-hydrogen) atoms. The van der Waals surface area contributed by atoms with Crippen LogP contribution in [0.2, 0.25) is 0 Å². The van der Waals surface area contributed by atoms with Crippen molar-refractivity contribution < 1.29 is 14.7 Å². The maximum atomic E-state index is 11.2. The Morgan fingerprint density at radius 2 is 2.21 bits per heavy atom. The first-order valence-electron chi connectivity index (χ1n) is 3.88. The lowest BCUT2D eigenvalue weighted by atomic mass is 9.94. The van der Waals surface area contributed by atoms with E-state index in [1.54, 1.807) is 13.0 Å². The summed E-state index contributed by atoms with van der Waals surface area (Å²) in [6, 6.07) is 1.83. The average Bonchev–Trinajstić information content (AvgIpc) is 2.16. The first-order chi connectivity index (χ1) is 6.60. The van der Waals surface area contributed by atoms with E-state index in [4.69, 9.17) is 10.4 Å². The van der Waals surface area contributed by atoms with Gasteiger partial charge in [-0.05, 0) is 18.6 Å². The summed E-state index contributed by atoms with van der Waals surface area (Å²) in [6.07, 6.45) is 3.84. The third-order valence-electron chi connectivity index (χ3n) is 1.81. The smallest absolute Gasteiger partial charge is 0.339 e. The van der Waals surface area contributed by atoms with Crippen LogP contribution in [0.4, 0.5) is 0 Å². The number of carboxylic acid groups (broad SMARTS) is 1. The summed E-state index contributed by atoms with van der Waals surface area (Å²) in [7, 11) is 0. The molecule has 0 radical (unpaired) electrons. The Hall–Kier alpha value is -2.15. The second-order valence-electron chi connectivity index (χ2n) is 2.64. The Balaban J connectivity index is 3.23. The van der Waals surface area contributed by atoms with Crippen molar-refractivity contribution in [3.8, 4) is 6.07 Å². The van der Waals surface area contributed by atoms with Crippen molar-refractivity contribution in [3.05, 3.63) is 34.9 Å². The van der Waals surface area contributed by atoms with Crippen LogP contribution < -0.4 is 0 Å². The Morgan fingerprint density at radius 1 is 1.57 bits per heavy atom. The van der Waals surface area contributed by atoms with Crippen LogP contribution >= 0.6 is 0 Å². The third-order valence-corrected chi connectivity index (χ3v) is 1.81. The van der Waals surface area contributed by atoms with Gasteiger partial charge in [0.15, 0.2) is 5.78 Å². The Kier molecular flexibility index (Phi) is 2.63. The molecular weight excluding hydrogens is 182 g/mol. The highest BCUT2D eigenvalue weighted by Crippen LogP contribution is 2.19. The normalized spacial score (nSPS) is 18.6. The molecule has 1 aliphatic carbocycles. The van der Waals surface area contributed by atoms with Gasteiger partial charge in [-0.3, -0.25) is 4.79 Å². The van der Waals surface area contributed by atoms with E-state index in [1.807, 2.05) is 6.07 Å². The van der Waals surface area contributed by atoms with Crippen molar-refractivity contribution in [2.45, 2.75) is 6.92 Å². The molecular formula is C10H7NO3. The summed E-state index contributed by atoms with van der Waals surface area (Å²) < 4.78 is 0. The van der Waals surface area contributed by atoms with Crippen LogP contribution in [0.15, 0.2) is 34.9 Å². The Morgan fingerprint density at radius 3 is 2.64 bits per heavy atom. The lowest BCUT2D eigenvalue weighted by Gasteiger charge is -2.07. The van der Waals surface area contributed by atoms with Crippen molar-refractivity contribution in [2.24, 2.45) is 0 Å². The monoisotopic (exact) mass is 189 g/mol. The van der Waals surface area contributed by atoms with Crippen LogP contribution in [0.25, 0.3) is 0 Å². The minimum absolute atomic E-state index is 0.197. The fourth-order valence-corrected chi connectivity index (χ4v) is 1.10. The van der Waals surface area contributed by atoms with Gasteiger partial charge in [0.2, 0.25) is 0 Å². The van der Waals surface area contributed by atoms with E-state index in [1.165, 1.54) is 6.08 Å². The number of nitriles is 1. The zero-order valence-corrected chi connectivity index (χ0v) is 7.44. The molecule has 1 aliphatic rings. The van der Waals surface area contributed by atoms with Crippen LogP contribution in [-0.4, -0.2) is 16.9 Å². The number of hydrogen-bond acceptors (Lipinski definition) is 3. The molecule has 0 unspecified atom stereocenters. The van der Waals surface area contributed by atoms with Gasteiger partial charge in [-0.1, -0.05) is 6.08 Å². The number of carboxylic acids is 1. The van der Waals surface area contributed by atoms with E-state index < -0.39 is 11.8 Å². The molecule has 0 aromatic rings. The van der Waals surface area contributed by atoms with Crippen LogP contribution in [0.3, 0.4) is 0 Å². The molecule has 0 heterocycles. The molecule has 0 spiro atoms. The molecule has 0 saturated heterocycles. The summed E-state index contributed by atoms with van der Waals surface area (Å²) in [5.74, 6) is -1.91. The standard InChI is InChI=1S/C10H7NO3/c1-2-6-3-8(10(13)14)9(12)4-7(6)5-11/h2-4H,1H3,(H,13,14)/b6-2-. The van der Waals surface area contributed by atoms with Gasteiger partial charge in [0, 0.05) is 6.08 Å². The SMILES string of the molecule is C/C=C1/C=C(C(=O)O)C(=O)C=C1C#N. The predicted octanol–water partition coefficient (Wildman–Crippen LogP) is 0.976. The van der Waals surface area contributed by atoms with Crippen molar-refractivity contribution >= 4 is 11.8 Å². The molecule has 70 valence electrons. The molecule has 4 heteroatoms. The molecule has 0 atom stereocenters. The maximum Gasteiger partial charge on any atom is 0.339 e. The Labute approximate surface area is 80.5 Å². The summed E-state index contributed by atoms with van der Waals surface area (Å²) in [6.45, 7) is 1.67. The van der Waals surface area contributed by atoms with Crippen molar-refractivity contribution in [1.29, 1.82) is 5.26 Å². The van der Waals surface area contributed by atoms with Gasteiger partial charge >= 0.3 is 5.97 Å². The molecule has 0 bridgehead atoms. The van der Waals surface area contributed by atoms with Gasteiger partial charge in [-0.25, -0.2) is 4.79 Å². The minimum atomic E-state index is -1.28. The van der Waals surface area contributed by atoms with E-state index in [-0.39, 0.29) is 11.1 Å². The van der Waals surface area contributed by atoms with Gasteiger partial charge in [0.25, 0.3) is 0 Å². The number of allylic oxidation sites excluding steroid dienone is 5. The average molecular weight is 189 g/mol. The van der Waals surface area contributed by atoms with Crippen LogP contribution in [-0.2, 0) is 9.59 Å². The zero-order valence-electron chi connectivity index (χ0n) is 7.44. The highest BCUT2D eigenvalue weighted by Gasteiger charge is 2.21. The first-order valence-corrected chi connectivity index (χ1v) is 3.88. The van der Waals surface area contributed by atoms with Gasteiger partial charge in [-0.15, -0.1) is 0 Å².